The first-order valence-corrected chi connectivity index (χ1v) is 10.2. The van der Waals surface area contributed by atoms with Crippen LogP contribution >= 0.6 is 0 Å². The summed E-state index contributed by atoms with van der Waals surface area (Å²) in [6, 6.07) is 12.1. The van der Waals surface area contributed by atoms with Gasteiger partial charge in [-0.3, -0.25) is 9.10 Å². The topological polar surface area (TPSA) is 66.5 Å². The molecule has 2 rings (SSSR count). The van der Waals surface area contributed by atoms with Crippen molar-refractivity contribution in [1.29, 1.82) is 0 Å². The van der Waals surface area contributed by atoms with Gasteiger partial charge in [-0.05, 0) is 55.3 Å². The highest BCUT2D eigenvalue weighted by atomic mass is 32.2. The zero-order valence-corrected chi connectivity index (χ0v) is 15.9. The van der Waals surface area contributed by atoms with Crippen molar-refractivity contribution in [3.8, 4) is 0 Å². The molecule has 0 aliphatic heterocycles. The number of hydrogen-bond donors (Lipinski definition) is 1. The third kappa shape index (κ3) is 5.29. The zero-order valence-electron chi connectivity index (χ0n) is 15.1. The fraction of sp³-hybridized carbons (Fsp3) is 0.316. The second-order valence-corrected chi connectivity index (χ2v) is 8.13. The molecule has 2 aromatic carbocycles. The number of rotatable bonds is 7. The molecule has 0 radical (unpaired) electrons. The van der Waals surface area contributed by atoms with Crippen molar-refractivity contribution in [3.05, 3.63) is 65.5 Å². The van der Waals surface area contributed by atoms with Gasteiger partial charge in [0.25, 0.3) is 5.91 Å². The molecule has 0 heterocycles. The van der Waals surface area contributed by atoms with Crippen LogP contribution in [0.4, 0.5) is 10.1 Å². The van der Waals surface area contributed by atoms with Crippen molar-refractivity contribution in [2.45, 2.75) is 32.9 Å². The largest absolute Gasteiger partial charge is 0.350 e. The summed E-state index contributed by atoms with van der Waals surface area (Å²) in [5, 5.41) is 2.86. The highest BCUT2D eigenvalue weighted by Crippen LogP contribution is 2.21. The van der Waals surface area contributed by atoms with E-state index in [1.165, 1.54) is 16.4 Å². The van der Waals surface area contributed by atoms with Crippen molar-refractivity contribution in [2.75, 3.05) is 10.6 Å². The first-order chi connectivity index (χ1) is 12.2. The maximum atomic E-state index is 13.0. The zero-order chi connectivity index (χ0) is 19.3. The highest BCUT2D eigenvalue weighted by Gasteiger charge is 2.18. The number of hydrogen-bond acceptors (Lipinski definition) is 3. The minimum atomic E-state index is -3.54. The summed E-state index contributed by atoms with van der Waals surface area (Å²) in [5.41, 5.74) is 1.57. The molecule has 1 atom stereocenters. The molecule has 26 heavy (non-hydrogen) atoms. The van der Waals surface area contributed by atoms with Crippen LogP contribution in [0.2, 0.25) is 0 Å². The van der Waals surface area contributed by atoms with E-state index in [9.17, 15) is 17.6 Å². The van der Waals surface area contributed by atoms with Gasteiger partial charge in [-0.25, -0.2) is 12.8 Å². The van der Waals surface area contributed by atoms with Crippen LogP contribution in [0.25, 0.3) is 0 Å². The van der Waals surface area contributed by atoms with Gasteiger partial charge in [0.05, 0.1) is 18.5 Å². The molecule has 5 nitrogen and oxygen atoms in total. The minimum absolute atomic E-state index is 0.0631. The van der Waals surface area contributed by atoms with E-state index in [0.717, 1.165) is 12.7 Å². The molecule has 0 aliphatic rings. The molecule has 0 saturated carbocycles. The van der Waals surface area contributed by atoms with Gasteiger partial charge < -0.3 is 5.32 Å². The lowest BCUT2D eigenvalue weighted by atomic mass is 10.1. The average molecular weight is 378 g/mol. The predicted molar refractivity (Wildman–Crippen MR) is 101 cm³/mol. The Hall–Kier alpha value is -2.41. The summed E-state index contributed by atoms with van der Waals surface area (Å²) in [6.45, 7) is 3.98. The van der Waals surface area contributed by atoms with E-state index in [0.29, 0.717) is 16.8 Å². The lowest BCUT2D eigenvalue weighted by molar-refractivity contribution is 0.0939. The highest BCUT2D eigenvalue weighted by molar-refractivity contribution is 7.92. The first-order valence-electron chi connectivity index (χ1n) is 8.33. The monoisotopic (exact) mass is 378 g/mol. The normalized spacial score (nSPS) is 12.5. The lowest BCUT2D eigenvalue weighted by Gasteiger charge is -2.23. The summed E-state index contributed by atoms with van der Waals surface area (Å²) in [7, 11) is -3.54. The van der Waals surface area contributed by atoms with Crippen LogP contribution in [0.15, 0.2) is 48.5 Å². The van der Waals surface area contributed by atoms with Gasteiger partial charge in [0, 0.05) is 11.6 Å². The van der Waals surface area contributed by atoms with Gasteiger partial charge in [0.1, 0.15) is 5.82 Å². The molecular formula is C19H23FN2O3S. The number of anilines is 1. The van der Waals surface area contributed by atoms with Gasteiger partial charge in [-0.1, -0.05) is 19.1 Å². The predicted octanol–water partition coefficient (Wildman–Crippen LogP) is 3.32. The standard InChI is InChI=1S/C19H23FN2O3S/c1-4-14(2)21-19(23)16-7-11-18(12-8-16)22(26(3,24)25)13-15-5-9-17(20)10-6-15/h5-12,14H,4,13H2,1-3H3,(H,21,23). The summed E-state index contributed by atoms with van der Waals surface area (Å²) in [4.78, 5) is 12.1. The van der Waals surface area contributed by atoms with Crippen molar-refractivity contribution in [1.82, 2.24) is 5.32 Å². The Balaban J connectivity index is 2.23. The molecule has 140 valence electrons. The fourth-order valence-corrected chi connectivity index (χ4v) is 3.23. The maximum Gasteiger partial charge on any atom is 0.251 e. The Bertz CT molecular complexity index is 849. The number of amides is 1. The SMILES string of the molecule is CCC(C)NC(=O)c1ccc(N(Cc2ccc(F)cc2)S(C)(=O)=O)cc1. The van der Waals surface area contributed by atoms with E-state index in [1.807, 2.05) is 13.8 Å². The smallest absolute Gasteiger partial charge is 0.251 e. The molecule has 0 spiro atoms. The van der Waals surface area contributed by atoms with Gasteiger partial charge in [0.2, 0.25) is 10.0 Å². The average Bonchev–Trinajstić information content (AvgIpc) is 2.60. The Kier molecular flexibility index (Phi) is 6.37. The second kappa shape index (κ2) is 8.31. The molecular weight excluding hydrogens is 355 g/mol. The molecule has 0 fully saturated rings. The van der Waals surface area contributed by atoms with E-state index in [-0.39, 0.29) is 24.3 Å². The summed E-state index contributed by atoms with van der Waals surface area (Å²) in [6.07, 6.45) is 1.93. The van der Waals surface area contributed by atoms with Crippen molar-refractivity contribution in [2.24, 2.45) is 0 Å². The Morgan fingerprint density at radius 3 is 2.19 bits per heavy atom. The molecule has 1 unspecified atom stereocenters. The minimum Gasteiger partial charge on any atom is -0.350 e. The molecule has 0 aromatic heterocycles. The molecule has 0 bridgehead atoms. The van der Waals surface area contributed by atoms with Crippen LogP contribution in [-0.4, -0.2) is 26.6 Å². The van der Waals surface area contributed by atoms with Gasteiger partial charge >= 0.3 is 0 Å². The molecule has 1 amide bonds. The number of nitrogens with zero attached hydrogens (tertiary/aromatic N) is 1. The molecule has 0 saturated heterocycles. The maximum absolute atomic E-state index is 13.0. The van der Waals surface area contributed by atoms with Gasteiger partial charge in [0.15, 0.2) is 0 Å². The van der Waals surface area contributed by atoms with Crippen LogP contribution in [0, 0.1) is 5.82 Å². The quantitative estimate of drug-likeness (QED) is 0.804. The fourth-order valence-electron chi connectivity index (χ4n) is 2.34. The van der Waals surface area contributed by atoms with E-state index in [4.69, 9.17) is 0 Å². The van der Waals surface area contributed by atoms with E-state index < -0.39 is 10.0 Å². The van der Waals surface area contributed by atoms with Crippen LogP contribution in [-0.2, 0) is 16.6 Å². The number of halogens is 1. The second-order valence-electron chi connectivity index (χ2n) is 6.23. The van der Waals surface area contributed by atoms with Crippen LogP contribution in [0.3, 0.4) is 0 Å². The Morgan fingerprint density at radius 1 is 1.12 bits per heavy atom. The van der Waals surface area contributed by atoms with E-state index in [1.54, 1.807) is 36.4 Å². The number of carbonyl (C=O) groups is 1. The van der Waals surface area contributed by atoms with Crippen molar-refractivity contribution >= 4 is 21.6 Å². The number of carbonyl (C=O) groups excluding carboxylic acids is 1. The molecule has 7 heteroatoms. The van der Waals surface area contributed by atoms with Crippen LogP contribution in [0.5, 0.6) is 0 Å². The Labute approximate surface area is 153 Å². The van der Waals surface area contributed by atoms with Gasteiger partial charge in [-0.2, -0.15) is 0 Å². The number of nitrogens with one attached hydrogen (secondary N) is 1. The molecule has 1 N–H and O–H groups in total. The lowest BCUT2D eigenvalue weighted by Crippen LogP contribution is -2.32. The number of sulfonamides is 1. The van der Waals surface area contributed by atoms with E-state index in [2.05, 4.69) is 5.32 Å². The Morgan fingerprint density at radius 2 is 1.69 bits per heavy atom. The van der Waals surface area contributed by atoms with Crippen LogP contribution < -0.4 is 9.62 Å². The first kappa shape index (κ1) is 19.9. The third-order valence-corrected chi connectivity index (χ3v) is 5.19. The van der Waals surface area contributed by atoms with Gasteiger partial charge in [-0.15, -0.1) is 0 Å². The summed E-state index contributed by atoms with van der Waals surface area (Å²) in [5.74, 6) is -0.577. The van der Waals surface area contributed by atoms with Crippen LogP contribution in [0.1, 0.15) is 36.2 Å². The summed E-state index contributed by atoms with van der Waals surface area (Å²) < 4.78 is 38.6. The molecule has 2 aromatic rings. The molecule has 0 aliphatic carbocycles. The van der Waals surface area contributed by atoms with Crippen molar-refractivity contribution in [3.63, 3.8) is 0 Å². The third-order valence-electron chi connectivity index (χ3n) is 4.05. The van der Waals surface area contributed by atoms with Crippen molar-refractivity contribution < 1.29 is 17.6 Å². The number of benzene rings is 2. The summed E-state index contributed by atoms with van der Waals surface area (Å²) >= 11 is 0. The van der Waals surface area contributed by atoms with E-state index >= 15 is 0 Å².